The van der Waals surface area contributed by atoms with Gasteiger partial charge in [0.25, 0.3) is 0 Å². The van der Waals surface area contributed by atoms with Gasteiger partial charge in [-0.2, -0.15) is 0 Å². The Bertz CT molecular complexity index is 423. The zero-order valence-corrected chi connectivity index (χ0v) is 12.8. The van der Waals surface area contributed by atoms with Crippen LogP contribution in [-0.4, -0.2) is 31.3 Å². The number of nitrogens with one attached hydrogen (secondary N) is 2. The fourth-order valence-corrected chi connectivity index (χ4v) is 3.26. The van der Waals surface area contributed by atoms with Crippen molar-refractivity contribution in [3.05, 3.63) is 29.8 Å². The van der Waals surface area contributed by atoms with Crippen molar-refractivity contribution in [3.63, 3.8) is 0 Å². The summed E-state index contributed by atoms with van der Waals surface area (Å²) in [6.07, 6.45) is 4.92. The van der Waals surface area contributed by atoms with E-state index in [0.717, 1.165) is 32.5 Å². The summed E-state index contributed by atoms with van der Waals surface area (Å²) in [5, 5.41) is 6.40. The van der Waals surface area contributed by atoms with Gasteiger partial charge in [0.05, 0.1) is 0 Å². The molecule has 1 aliphatic heterocycles. The van der Waals surface area contributed by atoms with Crippen molar-refractivity contribution < 1.29 is 4.79 Å². The van der Waals surface area contributed by atoms with Crippen LogP contribution in [0, 0.1) is 0 Å². The average molecular weight is 292 g/mol. The molecular weight excluding hydrogens is 268 g/mol. The molecule has 2 rings (SSSR count). The summed E-state index contributed by atoms with van der Waals surface area (Å²) >= 11 is 1.93. The maximum absolute atomic E-state index is 11.7. The number of rotatable bonds is 0. The van der Waals surface area contributed by atoms with E-state index in [0.29, 0.717) is 6.42 Å². The predicted octanol–water partition coefficient (Wildman–Crippen LogP) is 2.60. The average Bonchev–Trinajstić information content (AvgIpc) is 2.45. The molecule has 1 amide bonds. The van der Waals surface area contributed by atoms with Gasteiger partial charge in [-0.05, 0) is 62.2 Å². The second-order valence-electron chi connectivity index (χ2n) is 5.16. The Morgan fingerprint density at radius 3 is 2.85 bits per heavy atom. The fraction of sp³-hybridized carbons (Fsp3) is 0.562. The standard InChI is InChI=1S/C16H24N2OS/c19-16-7-4-10-17-9-1-2-12-20-15-6-3-5-14(13-15)8-11-18-16/h3,5-6,13,17H,1-2,4,7-12H2,(H,18,19). The molecule has 0 aliphatic carbocycles. The Morgan fingerprint density at radius 2 is 1.90 bits per heavy atom. The zero-order valence-electron chi connectivity index (χ0n) is 12.0. The van der Waals surface area contributed by atoms with Gasteiger partial charge < -0.3 is 10.6 Å². The normalized spacial score (nSPS) is 19.3. The van der Waals surface area contributed by atoms with Gasteiger partial charge in [-0.25, -0.2) is 0 Å². The fourth-order valence-electron chi connectivity index (χ4n) is 2.27. The third-order valence-electron chi connectivity index (χ3n) is 3.41. The van der Waals surface area contributed by atoms with Crippen molar-refractivity contribution in [2.24, 2.45) is 0 Å². The summed E-state index contributed by atoms with van der Waals surface area (Å²) in [6.45, 7) is 2.74. The largest absolute Gasteiger partial charge is 0.356 e. The SMILES string of the molecule is O=C1CCCNCCCCSc2cccc(c2)CCN1. The molecule has 1 aromatic rings. The van der Waals surface area contributed by atoms with Gasteiger partial charge in [0.15, 0.2) is 0 Å². The van der Waals surface area contributed by atoms with E-state index in [1.165, 1.54) is 29.1 Å². The van der Waals surface area contributed by atoms with E-state index in [1.807, 2.05) is 11.8 Å². The molecule has 0 aromatic heterocycles. The van der Waals surface area contributed by atoms with Crippen LogP contribution in [-0.2, 0) is 11.2 Å². The lowest BCUT2D eigenvalue weighted by Crippen LogP contribution is -2.27. The Balaban J connectivity index is 1.90. The summed E-state index contributed by atoms with van der Waals surface area (Å²) in [7, 11) is 0. The Hall–Kier alpha value is -1.00. The molecule has 110 valence electrons. The lowest BCUT2D eigenvalue weighted by Gasteiger charge is -2.09. The van der Waals surface area contributed by atoms with Crippen molar-refractivity contribution in [3.8, 4) is 0 Å². The lowest BCUT2D eigenvalue weighted by atomic mass is 10.1. The lowest BCUT2D eigenvalue weighted by molar-refractivity contribution is -0.121. The van der Waals surface area contributed by atoms with E-state index in [-0.39, 0.29) is 5.91 Å². The Morgan fingerprint density at radius 1 is 1.00 bits per heavy atom. The Labute approximate surface area is 125 Å². The summed E-state index contributed by atoms with van der Waals surface area (Å²) in [5.41, 5.74) is 1.31. The van der Waals surface area contributed by atoms with E-state index in [9.17, 15) is 4.79 Å². The van der Waals surface area contributed by atoms with Gasteiger partial charge in [0.2, 0.25) is 5.91 Å². The third-order valence-corrected chi connectivity index (χ3v) is 4.49. The zero-order chi connectivity index (χ0) is 14.0. The molecule has 2 bridgehead atoms. The summed E-state index contributed by atoms with van der Waals surface area (Å²) in [4.78, 5) is 13.0. The van der Waals surface area contributed by atoms with Gasteiger partial charge >= 0.3 is 0 Å². The molecule has 0 fully saturated rings. The minimum atomic E-state index is 0.171. The molecule has 4 heteroatoms. The van der Waals surface area contributed by atoms with Crippen molar-refractivity contribution in [2.75, 3.05) is 25.4 Å². The van der Waals surface area contributed by atoms with Crippen LogP contribution >= 0.6 is 11.8 Å². The van der Waals surface area contributed by atoms with Crippen LogP contribution in [0.5, 0.6) is 0 Å². The molecule has 1 aliphatic rings. The maximum Gasteiger partial charge on any atom is 0.220 e. The Kier molecular flexibility index (Phi) is 6.95. The molecule has 1 aromatic carbocycles. The number of amides is 1. The topological polar surface area (TPSA) is 41.1 Å². The molecule has 20 heavy (non-hydrogen) atoms. The molecule has 0 saturated carbocycles. The van der Waals surface area contributed by atoms with Crippen LogP contribution in [0.2, 0.25) is 0 Å². The van der Waals surface area contributed by atoms with Gasteiger partial charge in [-0.15, -0.1) is 11.8 Å². The molecule has 0 unspecified atom stereocenters. The van der Waals surface area contributed by atoms with E-state index in [2.05, 4.69) is 34.9 Å². The van der Waals surface area contributed by atoms with Crippen LogP contribution in [0.15, 0.2) is 29.2 Å². The first-order valence-corrected chi connectivity index (χ1v) is 8.52. The van der Waals surface area contributed by atoms with Gasteiger partial charge in [-0.1, -0.05) is 12.1 Å². The first-order chi connectivity index (χ1) is 9.84. The highest BCUT2D eigenvalue weighted by atomic mass is 32.2. The molecule has 0 atom stereocenters. The van der Waals surface area contributed by atoms with E-state index < -0.39 is 0 Å². The number of fused-ring (bicyclic) bond motifs is 2. The number of carbonyl (C=O) groups excluding carboxylic acids is 1. The molecular formula is C16H24N2OS. The highest BCUT2D eigenvalue weighted by Gasteiger charge is 2.03. The minimum Gasteiger partial charge on any atom is -0.356 e. The predicted molar refractivity (Wildman–Crippen MR) is 85.2 cm³/mol. The van der Waals surface area contributed by atoms with Crippen LogP contribution in [0.4, 0.5) is 0 Å². The molecule has 3 nitrogen and oxygen atoms in total. The summed E-state index contributed by atoms with van der Waals surface area (Å²) < 4.78 is 0. The van der Waals surface area contributed by atoms with Crippen molar-refractivity contribution in [1.29, 1.82) is 0 Å². The highest BCUT2D eigenvalue weighted by molar-refractivity contribution is 7.99. The smallest absolute Gasteiger partial charge is 0.220 e. The number of carbonyl (C=O) groups is 1. The molecule has 0 spiro atoms. The second kappa shape index (κ2) is 9.03. The van der Waals surface area contributed by atoms with E-state index in [1.54, 1.807) is 0 Å². The summed E-state index contributed by atoms with van der Waals surface area (Å²) in [6, 6.07) is 8.68. The third kappa shape index (κ3) is 5.97. The second-order valence-corrected chi connectivity index (χ2v) is 6.32. The summed E-state index contributed by atoms with van der Waals surface area (Å²) in [5.74, 6) is 1.35. The van der Waals surface area contributed by atoms with Crippen LogP contribution in [0.25, 0.3) is 0 Å². The van der Waals surface area contributed by atoms with Crippen LogP contribution in [0.3, 0.4) is 0 Å². The van der Waals surface area contributed by atoms with Crippen molar-refractivity contribution >= 4 is 17.7 Å². The number of benzene rings is 1. The first kappa shape index (κ1) is 15.4. The molecule has 1 heterocycles. The van der Waals surface area contributed by atoms with Gasteiger partial charge in [-0.3, -0.25) is 4.79 Å². The first-order valence-electron chi connectivity index (χ1n) is 7.54. The van der Waals surface area contributed by atoms with Crippen LogP contribution in [0.1, 0.15) is 31.2 Å². The monoisotopic (exact) mass is 292 g/mol. The van der Waals surface area contributed by atoms with Gasteiger partial charge in [0.1, 0.15) is 0 Å². The van der Waals surface area contributed by atoms with Crippen LogP contribution < -0.4 is 10.6 Å². The maximum atomic E-state index is 11.7. The molecule has 2 N–H and O–H groups in total. The molecule has 0 saturated heterocycles. The van der Waals surface area contributed by atoms with E-state index >= 15 is 0 Å². The van der Waals surface area contributed by atoms with Crippen molar-refractivity contribution in [2.45, 2.75) is 37.0 Å². The van der Waals surface area contributed by atoms with Crippen molar-refractivity contribution in [1.82, 2.24) is 10.6 Å². The number of hydrogen-bond acceptors (Lipinski definition) is 3. The quantitative estimate of drug-likeness (QED) is 0.772. The van der Waals surface area contributed by atoms with E-state index in [4.69, 9.17) is 0 Å². The number of thioether (sulfide) groups is 1. The number of hydrogen-bond donors (Lipinski definition) is 2. The molecule has 0 radical (unpaired) electrons. The highest BCUT2D eigenvalue weighted by Crippen LogP contribution is 2.20. The van der Waals surface area contributed by atoms with Gasteiger partial charge in [0, 0.05) is 17.9 Å². The minimum absolute atomic E-state index is 0.171.